The molecule has 2 aliphatic heterocycles. The Labute approximate surface area is 150 Å². The molecule has 0 aromatic heterocycles. The zero-order chi connectivity index (χ0) is 17.0. The van der Waals surface area contributed by atoms with Crippen LogP contribution in [-0.4, -0.2) is 48.9 Å². The molecule has 4 saturated carbocycles. The van der Waals surface area contributed by atoms with Crippen LogP contribution < -0.4 is 10.6 Å². The first-order valence-corrected chi connectivity index (χ1v) is 10.4. The van der Waals surface area contributed by atoms with E-state index < -0.39 is 0 Å². The molecule has 0 spiro atoms. The van der Waals surface area contributed by atoms with Crippen molar-refractivity contribution in [2.75, 3.05) is 26.2 Å². The van der Waals surface area contributed by atoms with Gasteiger partial charge in [-0.25, -0.2) is 0 Å². The van der Waals surface area contributed by atoms with Crippen molar-refractivity contribution in [1.29, 1.82) is 0 Å². The summed E-state index contributed by atoms with van der Waals surface area (Å²) >= 11 is 0. The van der Waals surface area contributed by atoms with E-state index in [0.29, 0.717) is 11.8 Å². The quantitative estimate of drug-likeness (QED) is 0.812. The summed E-state index contributed by atoms with van der Waals surface area (Å²) in [6.45, 7) is 3.53. The Kier molecular flexibility index (Phi) is 3.84. The minimum absolute atomic E-state index is 0.0856. The summed E-state index contributed by atoms with van der Waals surface area (Å²) in [5, 5.41) is 6.35. The number of rotatable bonds is 4. The van der Waals surface area contributed by atoms with Crippen LogP contribution >= 0.6 is 0 Å². The highest BCUT2D eigenvalue weighted by atomic mass is 16.2. The van der Waals surface area contributed by atoms with Crippen molar-refractivity contribution in [2.45, 2.75) is 57.4 Å². The highest BCUT2D eigenvalue weighted by Crippen LogP contribution is 2.60. The minimum atomic E-state index is -0.214. The van der Waals surface area contributed by atoms with Crippen molar-refractivity contribution in [3.8, 4) is 0 Å². The molecule has 4 bridgehead atoms. The second-order valence-electron chi connectivity index (χ2n) is 9.62. The Hall–Kier alpha value is -1.10. The molecule has 0 aromatic carbocycles. The fourth-order valence-electron chi connectivity index (χ4n) is 6.82. The van der Waals surface area contributed by atoms with E-state index in [-0.39, 0.29) is 17.4 Å². The van der Waals surface area contributed by atoms with Crippen LogP contribution in [0.25, 0.3) is 0 Å². The van der Waals surface area contributed by atoms with E-state index in [1.54, 1.807) is 0 Å². The minimum Gasteiger partial charge on any atom is -0.354 e. The number of hydrogen-bond acceptors (Lipinski definition) is 3. The van der Waals surface area contributed by atoms with Crippen LogP contribution in [0.4, 0.5) is 0 Å². The molecule has 1 atom stereocenters. The molecule has 5 nitrogen and oxygen atoms in total. The van der Waals surface area contributed by atoms with Gasteiger partial charge in [0.15, 0.2) is 0 Å². The van der Waals surface area contributed by atoms with Crippen molar-refractivity contribution in [1.82, 2.24) is 15.5 Å². The zero-order valence-corrected chi connectivity index (χ0v) is 15.1. The summed E-state index contributed by atoms with van der Waals surface area (Å²) in [7, 11) is 0. The van der Waals surface area contributed by atoms with E-state index in [1.165, 1.54) is 19.3 Å². The Morgan fingerprint density at radius 1 is 1.04 bits per heavy atom. The van der Waals surface area contributed by atoms with Crippen molar-refractivity contribution < 1.29 is 9.59 Å². The van der Waals surface area contributed by atoms with E-state index in [2.05, 4.69) is 10.6 Å². The number of nitrogens with zero attached hydrogens (tertiary/aromatic N) is 1. The molecular weight excluding hydrogens is 314 g/mol. The van der Waals surface area contributed by atoms with Crippen LogP contribution in [-0.2, 0) is 9.59 Å². The van der Waals surface area contributed by atoms with Gasteiger partial charge in [-0.1, -0.05) is 0 Å². The molecule has 5 heteroatoms. The summed E-state index contributed by atoms with van der Waals surface area (Å²) in [5.41, 5.74) is -0.116. The van der Waals surface area contributed by atoms with Crippen LogP contribution in [0, 0.1) is 29.1 Å². The van der Waals surface area contributed by atoms with Crippen LogP contribution in [0.1, 0.15) is 51.4 Å². The first-order chi connectivity index (χ1) is 12.1. The summed E-state index contributed by atoms with van der Waals surface area (Å²) in [4.78, 5) is 28.2. The molecule has 2 N–H and O–H groups in total. The maximum Gasteiger partial charge on any atom is 0.242 e. The molecule has 138 valence electrons. The largest absolute Gasteiger partial charge is 0.354 e. The normalized spacial score (nSPS) is 42.5. The molecular formula is C20H31N3O2. The maximum atomic E-state index is 13.6. The standard InChI is InChI=1S/C20H31N3O2/c24-18(22-12-16-10-21-11-16)17-2-1-3-23(17)19(25)20-7-13-4-14(8-20)6-15(5-13)9-20/h13-17,21H,1-12H2,(H,22,24). The van der Waals surface area contributed by atoms with Gasteiger partial charge in [-0.2, -0.15) is 0 Å². The summed E-state index contributed by atoms with van der Waals surface area (Å²) in [6, 6.07) is -0.214. The second-order valence-corrected chi connectivity index (χ2v) is 9.62. The molecule has 6 rings (SSSR count). The molecule has 0 aromatic rings. The van der Waals surface area contributed by atoms with E-state index in [1.807, 2.05) is 4.90 Å². The Balaban J connectivity index is 1.28. The predicted molar refractivity (Wildman–Crippen MR) is 94.7 cm³/mol. The molecule has 0 radical (unpaired) electrons. The van der Waals surface area contributed by atoms with Crippen LogP contribution in [0.5, 0.6) is 0 Å². The third-order valence-electron chi connectivity index (χ3n) is 7.74. The molecule has 25 heavy (non-hydrogen) atoms. The third kappa shape index (κ3) is 2.70. The van der Waals surface area contributed by atoms with Gasteiger partial charge >= 0.3 is 0 Å². The first kappa shape index (κ1) is 16.1. The zero-order valence-electron chi connectivity index (χ0n) is 15.1. The summed E-state index contributed by atoms with van der Waals surface area (Å²) in [5.74, 6) is 3.30. The van der Waals surface area contributed by atoms with Gasteiger partial charge in [-0.05, 0) is 69.1 Å². The van der Waals surface area contributed by atoms with Crippen molar-refractivity contribution in [3.63, 3.8) is 0 Å². The maximum absolute atomic E-state index is 13.6. The van der Waals surface area contributed by atoms with Gasteiger partial charge in [-0.15, -0.1) is 0 Å². The monoisotopic (exact) mass is 345 g/mol. The van der Waals surface area contributed by atoms with Gasteiger partial charge in [-0.3, -0.25) is 9.59 Å². The van der Waals surface area contributed by atoms with Crippen LogP contribution in [0.15, 0.2) is 0 Å². The number of likely N-dealkylation sites (tertiary alicyclic amines) is 1. The second kappa shape index (κ2) is 5.97. The molecule has 6 aliphatic rings. The lowest BCUT2D eigenvalue weighted by Gasteiger charge is -2.56. The van der Waals surface area contributed by atoms with E-state index in [0.717, 1.165) is 76.0 Å². The van der Waals surface area contributed by atoms with Crippen molar-refractivity contribution >= 4 is 11.8 Å². The van der Waals surface area contributed by atoms with Gasteiger partial charge in [0.25, 0.3) is 0 Å². The lowest BCUT2D eigenvalue weighted by molar-refractivity contribution is -0.160. The fraction of sp³-hybridized carbons (Fsp3) is 0.900. The Morgan fingerprint density at radius 3 is 2.24 bits per heavy atom. The number of hydrogen-bond donors (Lipinski definition) is 2. The average molecular weight is 345 g/mol. The van der Waals surface area contributed by atoms with Gasteiger partial charge in [0, 0.05) is 32.1 Å². The van der Waals surface area contributed by atoms with Gasteiger partial charge in [0.2, 0.25) is 11.8 Å². The van der Waals surface area contributed by atoms with Crippen molar-refractivity contribution in [3.05, 3.63) is 0 Å². The molecule has 6 fully saturated rings. The third-order valence-corrected chi connectivity index (χ3v) is 7.74. The number of amides is 2. The summed E-state index contributed by atoms with van der Waals surface area (Å²) in [6.07, 6.45) is 9.15. The van der Waals surface area contributed by atoms with Gasteiger partial charge in [0.05, 0.1) is 5.41 Å². The van der Waals surface area contributed by atoms with Crippen LogP contribution in [0.3, 0.4) is 0 Å². The summed E-state index contributed by atoms with van der Waals surface area (Å²) < 4.78 is 0. The molecule has 1 unspecified atom stereocenters. The highest BCUT2D eigenvalue weighted by Gasteiger charge is 2.56. The SMILES string of the molecule is O=C(NCC1CNC1)C1CCCN1C(=O)C12CC3CC(CC(C3)C1)C2. The fourth-order valence-corrected chi connectivity index (χ4v) is 6.82. The molecule has 2 heterocycles. The Morgan fingerprint density at radius 2 is 1.68 bits per heavy atom. The van der Waals surface area contributed by atoms with Gasteiger partial charge < -0.3 is 15.5 Å². The van der Waals surface area contributed by atoms with E-state index in [9.17, 15) is 9.59 Å². The van der Waals surface area contributed by atoms with Crippen LogP contribution in [0.2, 0.25) is 0 Å². The number of carbonyl (C=O) groups excluding carboxylic acids is 2. The number of nitrogens with one attached hydrogen (secondary N) is 2. The molecule has 4 aliphatic carbocycles. The molecule has 2 amide bonds. The Bertz CT molecular complexity index is 536. The highest BCUT2D eigenvalue weighted by molar-refractivity contribution is 5.91. The van der Waals surface area contributed by atoms with Crippen molar-refractivity contribution in [2.24, 2.45) is 29.1 Å². The number of carbonyl (C=O) groups is 2. The average Bonchev–Trinajstić information content (AvgIpc) is 3.00. The smallest absolute Gasteiger partial charge is 0.242 e. The van der Waals surface area contributed by atoms with E-state index >= 15 is 0 Å². The predicted octanol–water partition coefficient (Wildman–Crippen LogP) is 1.53. The lowest BCUT2D eigenvalue weighted by atomic mass is 9.49. The lowest BCUT2D eigenvalue weighted by Crippen LogP contribution is -2.57. The van der Waals surface area contributed by atoms with Gasteiger partial charge in [0.1, 0.15) is 6.04 Å². The first-order valence-electron chi connectivity index (χ1n) is 10.4. The molecule has 2 saturated heterocycles. The van der Waals surface area contributed by atoms with E-state index in [4.69, 9.17) is 0 Å². The topological polar surface area (TPSA) is 61.4 Å².